The van der Waals surface area contributed by atoms with E-state index in [0.717, 1.165) is 44.6 Å². The van der Waals surface area contributed by atoms with Crippen molar-refractivity contribution in [3.63, 3.8) is 0 Å². The van der Waals surface area contributed by atoms with E-state index in [-0.39, 0.29) is 11.8 Å². The molecule has 1 heterocycles. The molecule has 0 atom stereocenters. The maximum Gasteiger partial charge on any atom is 0.253 e. The number of carbonyl (C=O) groups excluding carboxylic acids is 2. The van der Waals surface area contributed by atoms with Crippen molar-refractivity contribution in [3.05, 3.63) is 29.8 Å². The van der Waals surface area contributed by atoms with Gasteiger partial charge < -0.3 is 15.1 Å². The molecule has 1 aromatic rings. The maximum absolute atomic E-state index is 12.2. The summed E-state index contributed by atoms with van der Waals surface area (Å²) >= 11 is 0. The van der Waals surface area contributed by atoms with Gasteiger partial charge in [0.15, 0.2) is 0 Å². The summed E-state index contributed by atoms with van der Waals surface area (Å²) in [6, 6.07) is 7.17. The molecule has 0 aromatic heterocycles. The van der Waals surface area contributed by atoms with Gasteiger partial charge in [0.25, 0.3) is 5.91 Å². The Kier molecular flexibility index (Phi) is 5.95. The van der Waals surface area contributed by atoms with Crippen LogP contribution in [-0.4, -0.2) is 55.3 Å². The van der Waals surface area contributed by atoms with Crippen LogP contribution < -0.4 is 5.32 Å². The molecule has 2 rings (SSSR count). The number of hydrogen-bond donors (Lipinski definition) is 1. The number of likely N-dealkylation sites (tertiary alicyclic amines) is 1. The second-order valence-corrected chi connectivity index (χ2v) is 6.03. The van der Waals surface area contributed by atoms with Crippen LogP contribution in [0.3, 0.4) is 0 Å². The molecular formula is C17H25N3O2. The molecule has 5 nitrogen and oxygen atoms in total. The van der Waals surface area contributed by atoms with Crippen molar-refractivity contribution in [2.75, 3.05) is 39.0 Å². The van der Waals surface area contributed by atoms with E-state index < -0.39 is 0 Å². The van der Waals surface area contributed by atoms with Gasteiger partial charge in [-0.2, -0.15) is 0 Å². The molecular weight excluding hydrogens is 278 g/mol. The first-order valence-corrected chi connectivity index (χ1v) is 7.90. The molecule has 0 aliphatic carbocycles. The Labute approximate surface area is 132 Å². The standard InChI is InChI=1S/C17H25N3O2/c1-19(2)11-5-6-16(21)18-15-9-7-14(8-10-15)17(22)20-12-3-4-13-20/h7-10H,3-6,11-13H2,1-2H3,(H,18,21). The third-order valence-electron chi connectivity index (χ3n) is 3.82. The first-order valence-electron chi connectivity index (χ1n) is 7.90. The average Bonchev–Trinajstić information content (AvgIpc) is 3.01. The molecule has 1 aliphatic rings. The monoisotopic (exact) mass is 303 g/mol. The minimum atomic E-state index is 0.0143. The second-order valence-electron chi connectivity index (χ2n) is 6.03. The van der Waals surface area contributed by atoms with E-state index in [1.807, 2.05) is 19.0 Å². The van der Waals surface area contributed by atoms with Gasteiger partial charge in [0.1, 0.15) is 0 Å². The third kappa shape index (κ3) is 4.84. The van der Waals surface area contributed by atoms with E-state index in [1.165, 1.54) is 0 Å². The fourth-order valence-corrected chi connectivity index (χ4v) is 2.58. The first kappa shape index (κ1) is 16.5. The van der Waals surface area contributed by atoms with Gasteiger partial charge in [-0.05, 0) is 64.2 Å². The van der Waals surface area contributed by atoms with Crippen LogP contribution in [0.25, 0.3) is 0 Å². The zero-order chi connectivity index (χ0) is 15.9. The molecule has 5 heteroatoms. The smallest absolute Gasteiger partial charge is 0.253 e. The highest BCUT2D eigenvalue weighted by Gasteiger charge is 2.19. The molecule has 1 fully saturated rings. The Bertz CT molecular complexity index is 505. The number of anilines is 1. The van der Waals surface area contributed by atoms with Crippen LogP contribution in [0.5, 0.6) is 0 Å². The van der Waals surface area contributed by atoms with E-state index in [1.54, 1.807) is 24.3 Å². The van der Waals surface area contributed by atoms with Crippen LogP contribution >= 0.6 is 0 Å². The fourth-order valence-electron chi connectivity index (χ4n) is 2.58. The summed E-state index contributed by atoms with van der Waals surface area (Å²) in [4.78, 5) is 28.0. The highest BCUT2D eigenvalue weighted by atomic mass is 16.2. The van der Waals surface area contributed by atoms with Crippen molar-refractivity contribution in [1.82, 2.24) is 9.80 Å². The first-order chi connectivity index (χ1) is 10.6. The van der Waals surface area contributed by atoms with Crippen LogP contribution in [0.1, 0.15) is 36.0 Å². The lowest BCUT2D eigenvalue weighted by molar-refractivity contribution is -0.116. The number of hydrogen-bond acceptors (Lipinski definition) is 3. The Balaban J connectivity index is 1.83. The molecule has 120 valence electrons. The van der Waals surface area contributed by atoms with Gasteiger partial charge in [0.2, 0.25) is 5.91 Å². The van der Waals surface area contributed by atoms with E-state index in [9.17, 15) is 9.59 Å². The molecule has 1 N–H and O–H groups in total. The van der Waals surface area contributed by atoms with Crippen molar-refractivity contribution < 1.29 is 9.59 Å². The number of benzene rings is 1. The van der Waals surface area contributed by atoms with Gasteiger partial charge >= 0.3 is 0 Å². The minimum absolute atomic E-state index is 0.0143. The Hall–Kier alpha value is -1.88. The van der Waals surface area contributed by atoms with Crippen molar-refractivity contribution >= 4 is 17.5 Å². The molecule has 22 heavy (non-hydrogen) atoms. The summed E-state index contributed by atoms with van der Waals surface area (Å²) in [6.07, 6.45) is 3.52. The van der Waals surface area contributed by atoms with Gasteiger partial charge in [0.05, 0.1) is 0 Å². The van der Waals surface area contributed by atoms with Gasteiger partial charge in [-0.1, -0.05) is 0 Å². The number of rotatable bonds is 6. The molecule has 1 aromatic carbocycles. The summed E-state index contributed by atoms with van der Waals surface area (Å²) in [7, 11) is 3.99. The number of carbonyl (C=O) groups is 2. The van der Waals surface area contributed by atoms with E-state index in [0.29, 0.717) is 12.0 Å². The highest BCUT2D eigenvalue weighted by Crippen LogP contribution is 2.15. The van der Waals surface area contributed by atoms with Crippen LogP contribution in [0.4, 0.5) is 5.69 Å². The number of nitrogens with zero attached hydrogens (tertiary/aromatic N) is 2. The molecule has 1 saturated heterocycles. The molecule has 2 amide bonds. The largest absolute Gasteiger partial charge is 0.339 e. The Morgan fingerprint density at radius 2 is 1.77 bits per heavy atom. The van der Waals surface area contributed by atoms with Crippen LogP contribution in [0.15, 0.2) is 24.3 Å². The van der Waals surface area contributed by atoms with Crippen LogP contribution in [0.2, 0.25) is 0 Å². The lowest BCUT2D eigenvalue weighted by Crippen LogP contribution is -2.27. The summed E-state index contributed by atoms with van der Waals surface area (Å²) in [5.41, 5.74) is 1.43. The third-order valence-corrected chi connectivity index (χ3v) is 3.82. The molecule has 0 radical (unpaired) electrons. The molecule has 1 aliphatic heterocycles. The van der Waals surface area contributed by atoms with Crippen molar-refractivity contribution in [2.45, 2.75) is 25.7 Å². The topological polar surface area (TPSA) is 52.7 Å². The minimum Gasteiger partial charge on any atom is -0.339 e. The second kappa shape index (κ2) is 7.94. The lowest BCUT2D eigenvalue weighted by atomic mass is 10.1. The molecule has 0 spiro atoms. The zero-order valence-corrected chi connectivity index (χ0v) is 13.5. The Morgan fingerprint density at radius 1 is 1.14 bits per heavy atom. The molecule has 0 unspecified atom stereocenters. The van der Waals surface area contributed by atoms with Gasteiger partial charge in [-0.15, -0.1) is 0 Å². The SMILES string of the molecule is CN(C)CCCC(=O)Nc1ccc(C(=O)N2CCCC2)cc1. The summed E-state index contributed by atoms with van der Waals surface area (Å²) in [6.45, 7) is 2.60. The predicted molar refractivity (Wildman–Crippen MR) is 88.0 cm³/mol. The predicted octanol–water partition coefficient (Wildman–Crippen LogP) is 2.20. The molecule has 0 saturated carbocycles. The van der Waals surface area contributed by atoms with Crippen molar-refractivity contribution in [3.8, 4) is 0 Å². The maximum atomic E-state index is 12.2. The quantitative estimate of drug-likeness (QED) is 0.876. The summed E-state index contributed by atoms with van der Waals surface area (Å²) < 4.78 is 0. The highest BCUT2D eigenvalue weighted by molar-refractivity contribution is 5.96. The van der Waals surface area contributed by atoms with Gasteiger partial charge in [-0.25, -0.2) is 0 Å². The van der Waals surface area contributed by atoms with Crippen LogP contribution in [-0.2, 0) is 4.79 Å². The Morgan fingerprint density at radius 3 is 2.36 bits per heavy atom. The van der Waals surface area contributed by atoms with Crippen molar-refractivity contribution in [2.24, 2.45) is 0 Å². The van der Waals surface area contributed by atoms with E-state index in [2.05, 4.69) is 10.2 Å². The fraction of sp³-hybridized carbons (Fsp3) is 0.529. The van der Waals surface area contributed by atoms with Crippen molar-refractivity contribution in [1.29, 1.82) is 0 Å². The number of nitrogens with one attached hydrogen (secondary N) is 1. The van der Waals surface area contributed by atoms with Gasteiger partial charge in [-0.3, -0.25) is 9.59 Å². The number of amides is 2. The normalized spacial score (nSPS) is 14.4. The van der Waals surface area contributed by atoms with Crippen LogP contribution in [0, 0.1) is 0 Å². The van der Waals surface area contributed by atoms with E-state index >= 15 is 0 Å². The summed E-state index contributed by atoms with van der Waals surface area (Å²) in [5, 5.41) is 2.87. The van der Waals surface area contributed by atoms with Gasteiger partial charge in [0, 0.05) is 30.8 Å². The average molecular weight is 303 g/mol. The molecule has 0 bridgehead atoms. The lowest BCUT2D eigenvalue weighted by Gasteiger charge is -2.15. The van der Waals surface area contributed by atoms with E-state index in [4.69, 9.17) is 0 Å². The zero-order valence-electron chi connectivity index (χ0n) is 13.5. The summed E-state index contributed by atoms with van der Waals surface area (Å²) in [5.74, 6) is 0.0989.